The molecule has 0 bridgehead atoms. The quantitative estimate of drug-likeness (QED) is 0.447. The molecule has 1 aliphatic rings. The maximum atomic E-state index is 12.2. The summed E-state index contributed by atoms with van der Waals surface area (Å²) in [5.74, 6) is -1.45. The van der Waals surface area contributed by atoms with Crippen molar-refractivity contribution in [2.45, 2.75) is 38.1 Å². The molecule has 3 rings (SSSR count). The van der Waals surface area contributed by atoms with Gasteiger partial charge in [0, 0.05) is 18.9 Å². The van der Waals surface area contributed by atoms with E-state index in [0.29, 0.717) is 13.0 Å². The Kier molecular flexibility index (Phi) is 8.24. The molecule has 1 aliphatic carbocycles. The van der Waals surface area contributed by atoms with Crippen LogP contribution in [0.25, 0.3) is 11.1 Å². The average Bonchev–Trinajstić information content (AvgIpc) is 3.11. The molecule has 174 valence electrons. The number of benzene rings is 2. The van der Waals surface area contributed by atoms with Gasteiger partial charge in [-0.2, -0.15) is 0 Å². The Balaban J connectivity index is 1.42. The van der Waals surface area contributed by atoms with Gasteiger partial charge in [-0.3, -0.25) is 4.79 Å². The predicted molar refractivity (Wildman–Crippen MR) is 126 cm³/mol. The molecule has 2 amide bonds. The lowest BCUT2D eigenvalue weighted by atomic mass is 9.98. The molecule has 2 unspecified atom stereocenters. The lowest BCUT2D eigenvalue weighted by molar-refractivity contribution is -0.141. The van der Waals surface area contributed by atoms with Gasteiger partial charge in [-0.05, 0) is 41.0 Å². The van der Waals surface area contributed by atoms with Crippen LogP contribution in [0.2, 0.25) is 0 Å². The molecule has 0 aliphatic heterocycles. The molecule has 7 nitrogen and oxygen atoms in total. The molecule has 0 spiro atoms. The lowest BCUT2D eigenvalue weighted by Crippen LogP contribution is -2.41. The van der Waals surface area contributed by atoms with Crippen LogP contribution in [0.3, 0.4) is 0 Å². The van der Waals surface area contributed by atoms with Gasteiger partial charge in [0.2, 0.25) is 5.91 Å². The van der Waals surface area contributed by atoms with Gasteiger partial charge in [0.15, 0.2) is 0 Å². The second kappa shape index (κ2) is 11.3. The Bertz CT molecular complexity index is 974. The molecule has 0 heterocycles. The fourth-order valence-corrected chi connectivity index (χ4v) is 4.13. The molecule has 0 radical (unpaired) electrons. The minimum absolute atomic E-state index is 0.00326. The Morgan fingerprint density at radius 3 is 2.27 bits per heavy atom. The lowest BCUT2D eigenvalue weighted by Gasteiger charge is -2.16. The summed E-state index contributed by atoms with van der Waals surface area (Å²) in [6.45, 7) is 5.99. The third-order valence-corrected chi connectivity index (χ3v) is 5.82. The number of amides is 2. The van der Waals surface area contributed by atoms with Crippen LogP contribution in [0.5, 0.6) is 0 Å². The number of hydrogen-bond donors (Lipinski definition) is 3. The van der Waals surface area contributed by atoms with E-state index in [1.54, 1.807) is 0 Å². The van der Waals surface area contributed by atoms with Crippen molar-refractivity contribution >= 4 is 18.0 Å². The third kappa shape index (κ3) is 6.22. The highest BCUT2D eigenvalue weighted by atomic mass is 16.5. The van der Waals surface area contributed by atoms with E-state index in [2.05, 4.69) is 41.5 Å². The maximum absolute atomic E-state index is 12.2. The average molecular weight is 451 g/mol. The molecule has 0 saturated heterocycles. The normalized spacial score (nSPS) is 13.8. The third-order valence-electron chi connectivity index (χ3n) is 5.82. The van der Waals surface area contributed by atoms with Gasteiger partial charge >= 0.3 is 12.1 Å². The number of carbonyl (C=O) groups excluding carboxylic acids is 2. The molecular formula is C26H30N2O5. The summed E-state index contributed by atoms with van der Waals surface area (Å²) in [6, 6.07) is 15.3. The summed E-state index contributed by atoms with van der Waals surface area (Å²) in [4.78, 5) is 35.4. The number of aliphatic carboxylic acids is 1. The van der Waals surface area contributed by atoms with Gasteiger partial charge < -0.3 is 20.5 Å². The molecule has 2 atom stereocenters. The fraction of sp³-hybridized carbons (Fsp3) is 0.346. The predicted octanol–water partition coefficient (Wildman–Crippen LogP) is 4.09. The molecule has 0 fully saturated rings. The molecule has 3 N–H and O–H groups in total. The summed E-state index contributed by atoms with van der Waals surface area (Å²) < 4.78 is 5.50. The smallest absolute Gasteiger partial charge is 0.407 e. The van der Waals surface area contributed by atoms with E-state index in [9.17, 15) is 14.4 Å². The van der Waals surface area contributed by atoms with Gasteiger partial charge in [-0.25, -0.2) is 9.59 Å². The zero-order valence-electron chi connectivity index (χ0n) is 18.8. The number of carbonyl (C=O) groups is 3. The zero-order chi connectivity index (χ0) is 23.8. The minimum Gasteiger partial charge on any atom is -0.480 e. The number of hydrogen-bond acceptors (Lipinski definition) is 4. The second-order valence-corrected chi connectivity index (χ2v) is 8.33. The first-order valence-electron chi connectivity index (χ1n) is 11.1. The van der Waals surface area contributed by atoms with Crippen LogP contribution in [0.4, 0.5) is 4.79 Å². The first-order chi connectivity index (χ1) is 15.9. The highest BCUT2D eigenvalue weighted by Gasteiger charge is 2.29. The first kappa shape index (κ1) is 24.0. The number of carboxylic acid groups (broad SMARTS) is 1. The van der Waals surface area contributed by atoms with Crippen LogP contribution < -0.4 is 10.6 Å². The van der Waals surface area contributed by atoms with Crippen LogP contribution in [-0.2, 0) is 14.3 Å². The minimum atomic E-state index is -1.09. The molecular weight excluding hydrogens is 420 g/mol. The number of fused-ring (bicyclic) bond motifs is 3. The summed E-state index contributed by atoms with van der Waals surface area (Å²) in [5.41, 5.74) is 4.66. The van der Waals surface area contributed by atoms with E-state index in [1.807, 2.05) is 31.2 Å². The van der Waals surface area contributed by atoms with Gasteiger partial charge in [0.25, 0.3) is 0 Å². The molecule has 33 heavy (non-hydrogen) atoms. The number of alkyl carbamates (subject to hydrolysis) is 1. The van der Waals surface area contributed by atoms with Crippen molar-refractivity contribution in [2.75, 3.05) is 13.2 Å². The van der Waals surface area contributed by atoms with Crippen molar-refractivity contribution in [3.63, 3.8) is 0 Å². The topological polar surface area (TPSA) is 105 Å². The second-order valence-electron chi connectivity index (χ2n) is 8.33. The van der Waals surface area contributed by atoms with E-state index < -0.39 is 18.1 Å². The highest BCUT2D eigenvalue weighted by Crippen LogP contribution is 2.44. The Labute approximate surface area is 193 Å². The summed E-state index contributed by atoms with van der Waals surface area (Å²) in [6.07, 6.45) is 1.87. The van der Waals surface area contributed by atoms with E-state index in [1.165, 1.54) is 17.2 Å². The van der Waals surface area contributed by atoms with E-state index in [4.69, 9.17) is 9.84 Å². The van der Waals surface area contributed by atoms with Crippen molar-refractivity contribution in [3.8, 4) is 11.1 Å². The molecule has 7 heteroatoms. The first-order valence-corrected chi connectivity index (χ1v) is 11.1. The van der Waals surface area contributed by atoms with Crippen molar-refractivity contribution < 1.29 is 24.2 Å². The van der Waals surface area contributed by atoms with Gasteiger partial charge in [0.1, 0.15) is 12.6 Å². The highest BCUT2D eigenvalue weighted by molar-refractivity contribution is 5.83. The molecule has 2 aromatic carbocycles. The Hall–Kier alpha value is -3.61. The summed E-state index contributed by atoms with van der Waals surface area (Å²) in [5, 5.41) is 14.3. The van der Waals surface area contributed by atoms with Gasteiger partial charge in [0.05, 0.1) is 0 Å². The monoisotopic (exact) mass is 450 g/mol. The van der Waals surface area contributed by atoms with Crippen LogP contribution in [0, 0.1) is 5.92 Å². The Morgan fingerprint density at radius 1 is 1.09 bits per heavy atom. The standard InChI is InChI=1S/C26H30N2O5/c1-3-8-23(25(30)31)28-24(29)15-17(2)13-14-27-26(32)33-16-22-20-11-6-4-9-18(20)19-10-5-7-12-21(19)22/h3-7,9-12,17,22-23H,1,8,13-16H2,2H3,(H,27,32)(H,28,29)(H,30,31). The van der Waals surface area contributed by atoms with Crippen molar-refractivity contribution in [1.82, 2.24) is 10.6 Å². The fourth-order valence-electron chi connectivity index (χ4n) is 4.13. The number of nitrogens with one attached hydrogen (secondary N) is 2. The van der Waals surface area contributed by atoms with Crippen LogP contribution in [0.1, 0.15) is 43.2 Å². The van der Waals surface area contributed by atoms with Crippen LogP contribution in [-0.4, -0.2) is 42.3 Å². The maximum Gasteiger partial charge on any atom is 0.407 e. The SMILES string of the molecule is C=CCC(NC(=O)CC(C)CCNC(=O)OCC1c2ccccc2-c2ccccc21)C(=O)O. The number of ether oxygens (including phenoxy) is 1. The number of rotatable bonds is 11. The summed E-state index contributed by atoms with van der Waals surface area (Å²) >= 11 is 0. The van der Waals surface area contributed by atoms with Crippen molar-refractivity contribution in [3.05, 3.63) is 72.3 Å². The van der Waals surface area contributed by atoms with Gasteiger partial charge in [-0.1, -0.05) is 61.5 Å². The number of carboxylic acids is 1. The molecule has 0 saturated carbocycles. The van der Waals surface area contributed by atoms with Gasteiger partial charge in [-0.15, -0.1) is 6.58 Å². The van der Waals surface area contributed by atoms with E-state index >= 15 is 0 Å². The van der Waals surface area contributed by atoms with Crippen LogP contribution >= 0.6 is 0 Å². The van der Waals surface area contributed by atoms with Crippen molar-refractivity contribution in [2.24, 2.45) is 5.92 Å². The van der Waals surface area contributed by atoms with Crippen molar-refractivity contribution in [1.29, 1.82) is 0 Å². The summed E-state index contributed by atoms with van der Waals surface area (Å²) in [7, 11) is 0. The molecule has 2 aromatic rings. The van der Waals surface area contributed by atoms with Crippen LogP contribution in [0.15, 0.2) is 61.2 Å². The molecule has 0 aromatic heterocycles. The van der Waals surface area contributed by atoms with E-state index in [0.717, 1.165) is 11.1 Å². The van der Waals surface area contributed by atoms with E-state index in [-0.39, 0.29) is 37.2 Å². The zero-order valence-corrected chi connectivity index (χ0v) is 18.8. The largest absolute Gasteiger partial charge is 0.480 e. The Morgan fingerprint density at radius 2 is 1.70 bits per heavy atom.